The van der Waals surface area contributed by atoms with E-state index in [1.807, 2.05) is 23.9 Å². The zero-order valence-electron chi connectivity index (χ0n) is 15.6. The van der Waals surface area contributed by atoms with E-state index in [1.165, 1.54) is 19.3 Å². The van der Waals surface area contributed by atoms with Crippen molar-refractivity contribution in [2.45, 2.75) is 63.6 Å². The van der Waals surface area contributed by atoms with E-state index in [0.717, 1.165) is 42.9 Å². The third kappa shape index (κ3) is 4.93. The second kappa shape index (κ2) is 9.62. The molecule has 26 heavy (non-hydrogen) atoms. The first kappa shape index (κ1) is 19.5. The number of amides is 1. The number of nitrogens with zero attached hydrogens (tertiary/aromatic N) is 1. The van der Waals surface area contributed by atoms with Crippen molar-refractivity contribution >= 4 is 17.7 Å². The fourth-order valence-electron chi connectivity index (χ4n) is 4.02. The Labute approximate surface area is 160 Å². The number of carbonyl (C=O) groups excluding carboxylic acids is 1. The van der Waals surface area contributed by atoms with Gasteiger partial charge in [0.05, 0.1) is 0 Å². The molecule has 1 heterocycles. The molecule has 6 heteroatoms. The molecule has 3 N–H and O–H groups in total. The molecule has 2 fully saturated rings. The molecule has 2 aliphatic rings. The van der Waals surface area contributed by atoms with Crippen molar-refractivity contribution in [1.29, 1.82) is 0 Å². The summed E-state index contributed by atoms with van der Waals surface area (Å²) in [6.45, 7) is 3.02. The van der Waals surface area contributed by atoms with E-state index in [0.29, 0.717) is 6.04 Å². The number of nitrogens with one attached hydrogen (secondary N) is 2. The minimum absolute atomic E-state index is 0.0998. The number of aromatic hydroxyl groups is 1. The lowest BCUT2D eigenvalue weighted by Gasteiger charge is -2.36. The molecule has 1 aliphatic heterocycles. The molecule has 0 spiro atoms. The second-order valence-electron chi connectivity index (χ2n) is 7.24. The van der Waals surface area contributed by atoms with Gasteiger partial charge in [-0.2, -0.15) is 11.8 Å². The highest BCUT2D eigenvalue weighted by molar-refractivity contribution is 7.99. The molecule has 1 saturated carbocycles. The van der Waals surface area contributed by atoms with Gasteiger partial charge in [-0.3, -0.25) is 4.79 Å². The summed E-state index contributed by atoms with van der Waals surface area (Å²) in [6.07, 6.45) is 6.81. The molecule has 3 rings (SSSR count). The zero-order valence-corrected chi connectivity index (χ0v) is 16.4. The molecule has 2 unspecified atom stereocenters. The zero-order chi connectivity index (χ0) is 18.4. The average molecular weight is 378 g/mol. The van der Waals surface area contributed by atoms with Crippen LogP contribution in [0.1, 0.15) is 57.1 Å². The SMILES string of the molecule is CCSCCN(C(=O)C1CC(c2ccc(O)cc2)NN1)C1CCCCC1. The van der Waals surface area contributed by atoms with Crippen LogP contribution >= 0.6 is 11.8 Å². The summed E-state index contributed by atoms with van der Waals surface area (Å²) < 4.78 is 0. The molecular weight excluding hydrogens is 346 g/mol. The molecule has 1 aromatic rings. The van der Waals surface area contributed by atoms with Crippen LogP contribution in [-0.2, 0) is 4.79 Å². The number of hydrogen-bond acceptors (Lipinski definition) is 5. The van der Waals surface area contributed by atoms with Crippen LogP contribution in [0.4, 0.5) is 0 Å². The van der Waals surface area contributed by atoms with Crippen LogP contribution in [0.25, 0.3) is 0 Å². The van der Waals surface area contributed by atoms with E-state index >= 15 is 0 Å². The van der Waals surface area contributed by atoms with Crippen LogP contribution in [0.2, 0.25) is 0 Å². The van der Waals surface area contributed by atoms with Crippen molar-refractivity contribution in [2.24, 2.45) is 0 Å². The normalized spacial score (nSPS) is 23.9. The molecule has 2 atom stereocenters. The van der Waals surface area contributed by atoms with Crippen LogP contribution in [0.5, 0.6) is 5.75 Å². The van der Waals surface area contributed by atoms with Crippen molar-refractivity contribution in [3.63, 3.8) is 0 Å². The van der Waals surface area contributed by atoms with Crippen molar-refractivity contribution in [3.05, 3.63) is 29.8 Å². The van der Waals surface area contributed by atoms with Gasteiger partial charge >= 0.3 is 0 Å². The minimum Gasteiger partial charge on any atom is -0.508 e. The fourth-order valence-corrected chi connectivity index (χ4v) is 4.63. The summed E-state index contributed by atoms with van der Waals surface area (Å²) in [4.78, 5) is 15.4. The first-order valence-corrected chi connectivity index (χ1v) is 11.0. The van der Waals surface area contributed by atoms with E-state index in [9.17, 15) is 9.90 Å². The second-order valence-corrected chi connectivity index (χ2v) is 8.64. The Balaban J connectivity index is 1.63. The summed E-state index contributed by atoms with van der Waals surface area (Å²) in [5.74, 6) is 2.62. The Morgan fingerprint density at radius 3 is 2.62 bits per heavy atom. The average Bonchev–Trinajstić information content (AvgIpc) is 3.16. The van der Waals surface area contributed by atoms with Gasteiger partial charge in [0.25, 0.3) is 0 Å². The first-order chi connectivity index (χ1) is 12.7. The van der Waals surface area contributed by atoms with E-state index in [-0.39, 0.29) is 23.7 Å². The summed E-state index contributed by atoms with van der Waals surface area (Å²) >= 11 is 1.91. The van der Waals surface area contributed by atoms with E-state index in [4.69, 9.17) is 0 Å². The number of hydrogen-bond donors (Lipinski definition) is 3. The maximum absolute atomic E-state index is 13.2. The number of carbonyl (C=O) groups is 1. The predicted molar refractivity (Wildman–Crippen MR) is 107 cm³/mol. The van der Waals surface area contributed by atoms with Crippen molar-refractivity contribution in [3.8, 4) is 5.75 Å². The third-order valence-electron chi connectivity index (χ3n) is 5.48. The highest BCUT2D eigenvalue weighted by atomic mass is 32.2. The Kier molecular flexibility index (Phi) is 7.23. The summed E-state index contributed by atoms with van der Waals surface area (Å²) in [5.41, 5.74) is 7.58. The van der Waals surface area contributed by atoms with Crippen LogP contribution < -0.4 is 10.9 Å². The lowest BCUT2D eigenvalue weighted by molar-refractivity contribution is -0.135. The molecule has 0 aromatic heterocycles. The van der Waals surface area contributed by atoms with Gasteiger partial charge in [0, 0.05) is 24.4 Å². The van der Waals surface area contributed by atoms with Crippen molar-refractivity contribution in [2.75, 3.05) is 18.1 Å². The van der Waals surface area contributed by atoms with Gasteiger partial charge in [0.1, 0.15) is 11.8 Å². The molecular formula is C20H31N3O2S. The lowest BCUT2D eigenvalue weighted by Crippen LogP contribution is -2.51. The van der Waals surface area contributed by atoms with Gasteiger partial charge in [-0.15, -0.1) is 0 Å². The van der Waals surface area contributed by atoms with Gasteiger partial charge in [-0.1, -0.05) is 38.3 Å². The molecule has 1 saturated heterocycles. The summed E-state index contributed by atoms with van der Waals surface area (Å²) in [5, 5.41) is 9.46. The third-order valence-corrected chi connectivity index (χ3v) is 6.36. The molecule has 144 valence electrons. The summed E-state index contributed by atoms with van der Waals surface area (Å²) in [7, 11) is 0. The Morgan fingerprint density at radius 2 is 1.92 bits per heavy atom. The largest absolute Gasteiger partial charge is 0.508 e. The molecule has 1 aliphatic carbocycles. The number of rotatable bonds is 7. The van der Waals surface area contributed by atoms with Gasteiger partial charge in [-0.05, 0) is 42.7 Å². The Bertz CT molecular complexity index is 575. The van der Waals surface area contributed by atoms with Crippen LogP contribution in [0.3, 0.4) is 0 Å². The maximum atomic E-state index is 13.2. The van der Waals surface area contributed by atoms with Crippen molar-refractivity contribution < 1.29 is 9.90 Å². The van der Waals surface area contributed by atoms with E-state index in [1.54, 1.807) is 12.1 Å². The highest BCUT2D eigenvalue weighted by Gasteiger charge is 2.35. The van der Waals surface area contributed by atoms with Crippen molar-refractivity contribution in [1.82, 2.24) is 15.8 Å². The van der Waals surface area contributed by atoms with Crippen LogP contribution in [0.15, 0.2) is 24.3 Å². The number of hydrazine groups is 1. The Hall–Kier alpha value is -1.24. The monoisotopic (exact) mass is 377 g/mol. The molecule has 5 nitrogen and oxygen atoms in total. The van der Waals surface area contributed by atoms with Crippen LogP contribution in [-0.4, -0.2) is 46.0 Å². The smallest absolute Gasteiger partial charge is 0.241 e. The van der Waals surface area contributed by atoms with E-state index < -0.39 is 0 Å². The first-order valence-electron chi connectivity index (χ1n) is 9.87. The van der Waals surface area contributed by atoms with Gasteiger partial charge in [0.2, 0.25) is 5.91 Å². The number of benzene rings is 1. The molecule has 0 radical (unpaired) electrons. The predicted octanol–water partition coefficient (Wildman–Crippen LogP) is 3.21. The highest BCUT2D eigenvalue weighted by Crippen LogP contribution is 2.28. The van der Waals surface area contributed by atoms with E-state index in [2.05, 4.69) is 22.7 Å². The van der Waals surface area contributed by atoms with Gasteiger partial charge < -0.3 is 10.0 Å². The lowest BCUT2D eigenvalue weighted by atomic mass is 9.93. The molecule has 1 amide bonds. The molecule has 1 aromatic carbocycles. The van der Waals surface area contributed by atoms with Gasteiger partial charge in [-0.25, -0.2) is 10.9 Å². The van der Waals surface area contributed by atoms with Crippen LogP contribution in [0, 0.1) is 0 Å². The summed E-state index contributed by atoms with van der Waals surface area (Å²) in [6, 6.07) is 7.55. The standard InChI is InChI=1S/C20H31N3O2S/c1-2-26-13-12-23(16-6-4-3-5-7-16)20(25)19-14-18(21-22-19)15-8-10-17(24)11-9-15/h8-11,16,18-19,21-22,24H,2-7,12-14H2,1H3. The fraction of sp³-hybridized carbons (Fsp3) is 0.650. The maximum Gasteiger partial charge on any atom is 0.241 e. The molecule has 0 bridgehead atoms. The van der Waals surface area contributed by atoms with Gasteiger partial charge in [0.15, 0.2) is 0 Å². The quantitative estimate of drug-likeness (QED) is 0.637. The number of phenolic OH excluding ortho intramolecular Hbond substituents is 1. The number of thioether (sulfide) groups is 1. The minimum atomic E-state index is -0.178. The number of phenols is 1. The topological polar surface area (TPSA) is 64.6 Å². The Morgan fingerprint density at radius 1 is 1.19 bits per heavy atom.